The number of anilines is 1. The van der Waals surface area contributed by atoms with E-state index in [1.807, 2.05) is 61.5 Å². The Balaban J connectivity index is 1.81. The van der Waals surface area contributed by atoms with E-state index in [9.17, 15) is 0 Å². The molecule has 0 amide bonds. The van der Waals surface area contributed by atoms with E-state index in [2.05, 4.69) is 34.5 Å². The fourth-order valence-corrected chi connectivity index (χ4v) is 3.30. The number of nitrogens with one attached hydrogen (secondary N) is 1. The highest BCUT2D eigenvalue weighted by atomic mass is 35.5. The third-order valence-corrected chi connectivity index (χ3v) is 4.89. The summed E-state index contributed by atoms with van der Waals surface area (Å²) in [5.41, 5.74) is 3.12. The van der Waals surface area contributed by atoms with Gasteiger partial charge in [-0.2, -0.15) is 0 Å². The van der Waals surface area contributed by atoms with Crippen molar-refractivity contribution in [3.05, 3.63) is 95.0 Å². The summed E-state index contributed by atoms with van der Waals surface area (Å²) in [4.78, 5) is 2.12. The quantitative estimate of drug-likeness (QED) is 0.473. The standard InChI is InChI=1S/C23H23ClN2OS/c1-2-27-20-12-8-11-19(15-20)17-26(16-18-9-4-3-5-10-18)23(28)25-22-14-7-6-13-21(22)24/h3-15H,2,16-17H2,1H3,(H,25,28). The van der Waals surface area contributed by atoms with Crippen LogP contribution in [0.4, 0.5) is 5.69 Å². The van der Waals surface area contributed by atoms with Crippen molar-refractivity contribution in [1.29, 1.82) is 0 Å². The molecule has 0 heterocycles. The molecular weight excluding hydrogens is 388 g/mol. The van der Waals surface area contributed by atoms with Crippen LogP contribution in [0.25, 0.3) is 0 Å². The normalized spacial score (nSPS) is 10.4. The molecule has 5 heteroatoms. The van der Waals surface area contributed by atoms with Crippen LogP contribution in [0.5, 0.6) is 5.75 Å². The number of nitrogens with zero attached hydrogens (tertiary/aromatic N) is 1. The van der Waals surface area contributed by atoms with Gasteiger partial charge in [-0.3, -0.25) is 0 Å². The Morgan fingerprint density at radius 1 is 0.929 bits per heavy atom. The molecule has 3 nitrogen and oxygen atoms in total. The highest BCUT2D eigenvalue weighted by Crippen LogP contribution is 2.22. The van der Waals surface area contributed by atoms with Gasteiger partial charge in [0.1, 0.15) is 5.75 Å². The van der Waals surface area contributed by atoms with Crippen molar-refractivity contribution in [2.75, 3.05) is 11.9 Å². The summed E-state index contributed by atoms with van der Waals surface area (Å²) in [6.07, 6.45) is 0. The van der Waals surface area contributed by atoms with E-state index < -0.39 is 0 Å². The minimum Gasteiger partial charge on any atom is -0.494 e. The van der Waals surface area contributed by atoms with Crippen LogP contribution in [0.3, 0.4) is 0 Å². The Labute approximate surface area is 176 Å². The number of rotatable bonds is 7. The van der Waals surface area contributed by atoms with Gasteiger partial charge in [0.05, 0.1) is 17.3 Å². The van der Waals surface area contributed by atoms with E-state index >= 15 is 0 Å². The monoisotopic (exact) mass is 410 g/mol. The number of ether oxygens (including phenoxy) is 1. The highest BCUT2D eigenvalue weighted by molar-refractivity contribution is 7.80. The minimum atomic E-state index is 0.624. The van der Waals surface area contributed by atoms with Gasteiger partial charge in [0.25, 0.3) is 0 Å². The third kappa shape index (κ3) is 5.72. The van der Waals surface area contributed by atoms with Crippen molar-refractivity contribution in [3.8, 4) is 5.75 Å². The Morgan fingerprint density at radius 3 is 2.36 bits per heavy atom. The van der Waals surface area contributed by atoms with Gasteiger partial charge in [0.15, 0.2) is 5.11 Å². The zero-order valence-corrected chi connectivity index (χ0v) is 17.3. The van der Waals surface area contributed by atoms with Crippen LogP contribution in [0.15, 0.2) is 78.9 Å². The van der Waals surface area contributed by atoms with Crippen molar-refractivity contribution in [2.24, 2.45) is 0 Å². The summed E-state index contributed by atoms with van der Waals surface area (Å²) in [6, 6.07) is 26.0. The van der Waals surface area contributed by atoms with E-state index in [1.54, 1.807) is 0 Å². The van der Waals surface area contributed by atoms with Crippen LogP contribution < -0.4 is 10.1 Å². The lowest BCUT2D eigenvalue weighted by Gasteiger charge is -2.26. The molecule has 0 aromatic heterocycles. The first-order valence-electron chi connectivity index (χ1n) is 9.22. The summed E-state index contributed by atoms with van der Waals surface area (Å²) in [6.45, 7) is 3.97. The van der Waals surface area contributed by atoms with Crippen LogP contribution in [-0.4, -0.2) is 16.6 Å². The Kier molecular flexibility index (Phi) is 7.29. The van der Waals surface area contributed by atoms with Gasteiger partial charge in [-0.25, -0.2) is 0 Å². The van der Waals surface area contributed by atoms with E-state index in [-0.39, 0.29) is 0 Å². The van der Waals surface area contributed by atoms with Gasteiger partial charge in [-0.1, -0.05) is 66.2 Å². The predicted molar refractivity (Wildman–Crippen MR) is 121 cm³/mol. The lowest BCUT2D eigenvalue weighted by molar-refractivity contribution is 0.338. The molecule has 0 saturated heterocycles. The zero-order valence-electron chi connectivity index (χ0n) is 15.8. The van der Waals surface area contributed by atoms with Gasteiger partial charge in [-0.15, -0.1) is 0 Å². The van der Waals surface area contributed by atoms with E-state index in [4.69, 9.17) is 28.6 Å². The molecule has 0 atom stereocenters. The topological polar surface area (TPSA) is 24.5 Å². The molecule has 28 heavy (non-hydrogen) atoms. The molecule has 0 radical (unpaired) electrons. The van der Waals surface area contributed by atoms with Gasteiger partial charge >= 0.3 is 0 Å². The van der Waals surface area contributed by atoms with Crippen LogP contribution in [-0.2, 0) is 13.1 Å². The highest BCUT2D eigenvalue weighted by Gasteiger charge is 2.13. The number of hydrogen-bond donors (Lipinski definition) is 1. The fraction of sp³-hybridized carbons (Fsp3) is 0.174. The van der Waals surface area contributed by atoms with Crippen LogP contribution in [0.1, 0.15) is 18.1 Å². The van der Waals surface area contributed by atoms with Crippen molar-refractivity contribution >= 4 is 34.6 Å². The molecule has 0 aliphatic rings. The summed E-state index contributed by atoms with van der Waals surface area (Å²) in [7, 11) is 0. The third-order valence-electron chi connectivity index (χ3n) is 4.20. The summed E-state index contributed by atoms with van der Waals surface area (Å²) in [5, 5.41) is 4.55. The maximum Gasteiger partial charge on any atom is 0.174 e. The molecule has 3 rings (SSSR count). The number of thiocarbonyl (C=S) groups is 1. The fourth-order valence-electron chi connectivity index (χ4n) is 2.88. The molecule has 0 fully saturated rings. The summed E-state index contributed by atoms with van der Waals surface area (Å²) >= 11 is 12.0. The van der Waals surface area contributed by atoms with Crippen LogP contribution >= 0.6 is 23.8 Å². The molecule has 0 spiro atoms. The number of benzene rings is 3. The molecule has 3 aromatic rings. The maximum atomic E-state index is 6.29. The lowest BCUT2D eigenvalue weighted by atomic mass is 10.1. The van der Waals surface area contributed by atoms with Gasteiger partial charge in [0.2, 0.25) is 0 Å². The summed E-state index contributed by atoms with van der Waals surface area (Å²) in [5.74, 6) is 0.865. The first kappa shape index (κ1) is 20.2. The SMILES string of the molecule is CCOc1cccc(CN(Cc2ccccc2)C(=S)Nc2ccccc2Cl)c1. The molecule has 1 N–H and O–H groups in total. The Morgan fingerprint density at radius 2 is 1.61 bits per heavy atom. The number of halogens is 1. The first-order valence-corrected chi connectivity index (χ1v) is 10.0. The molecule has 0 bridgehead atoms. The number of hydrogen-bond acceptors (Lipinski definition) is 2. The summed E-state index contributed by atoms with van der Waals surface area (Å²) < 4.78 is 5.63. The van der Waals surface area contributed by atoms with Gasteiger partial charge in [-0.05, 0) is 54.5 Å². The van der Waals surface area contributed by atoms with Crippen molar-refractivity contribution in [1.82, 2.24) is 4.90 Å². The number of para-hydroxylation sites is 1. The average Bonchev–Trinajstić information content (AvgIpc) is 2.70. The largest absolute Gasteiger partial charge is 0.494 e. The molecule has 0 unspecified atom stereocenters. The first-order chi connectivity index (χ1) is 13.7. The van der Waals surface area contributed by atoms with Crippen molar-refractivity contribution < 1.29 is 4.74 Å². The molecular formula is C23H23ClN2OS. The minimum absolute atomic E-state index is 0.624. The maximum absolute atomic E-state index is 6.29. The Hall–Kier alpha value is -2.56. The van der Waals surface area contributed by atoms with Crippen molar-refractivity contribution in [3.63, 3.8) is 0 Å². The molecule has 0 saturated carbocycles. The van der Waals surface area contributed by atoms with E-state index in [1.165, 1.54) is 5.56 Å². The second kappa shape index (κ2) is 10.1. The van der Waals surface area contributed by atoms with Gasteiger partial charge < -0.3 is 15.0 Å². The van der Waals surface area contributed by atoms with E-state index in [0.717, 1.165) is 17.0 Å². The molecule has 0 aliphatic heterocycles. The second-order valence-corrected chi connectivity index (χ2v) is 7.13. The smallest absolute Gasteiger partial charge is 0.174 e. The second-order valence-electron chi connectivity index (χ2n) is 6.33. The predicted octanol–water partition coefficient (Wildman–Crippen LogP) is 6.14. The van der Waals surface area contributed by atoms with E-state index in [0.29, 0.717) is 29.8 Å². The van der Waals surface area contributed by atoms with Crippen LogP contribution in [0, 0.1) is 0 Å². The lowest BCUT2D eigenvalue weighted by Crippen LogP contribution is -2.33. The van der Waals surface area contributed by atoms with Crippen molar-refractivity contribution in [2.45, 2.75) is 20.0 Å². The zero-order chi connectivity index (χ0) is 19.8. The molecule has 3 aromatic carbocycles. The Bertz CT molecular complexity index is 917. The molecule has 144 valence electrons. The van der Waals surface area contributed by atoms with Crippen LogP contribution in [0.2, 0.25) is 5.02 Å². The van der Waals surface area contributed by atoms with Gasteiger partial charge in [0, 0.05) is 13.1 Å². The average molecular weight is 411 g/mol. The molecule has 0 aliphatic carbocycles.